The highest BCUT2D eigenvalue weighted by Gasteiger charge is 2.43. The lowest BCUT2D eigenvalue weighted by molar-refractivity contribution is -0.141. The van der Waals surface area contributed by atoms with E-state index in [4.69, 9.17) is 4.74 Å². The van der Waals surface area contributed by atoms with Gasteiger partial charge < -0.3 is 9.64 Å². The molecule has 0 bridgehead atoms. The molecule has 1 aliphatic carbocycles. The van der Waals surface area contributed by atoms with Crippen LogP contribution in [-0.4, -0.2) is 42.9 Å². The Kier molecular flexibility index (Phi) is 2.94. The molecule has 3 heteroatoms. The van der Waals surface area contributed by atoms with E-state index in [0.29, 0.717) is 0 Å². The predicted octanol–water partition coefficient (Wildman–Crippen LogP) is 1.59. The summed E-state index contributed by atoms with van der Waals surface area (Å²) in [5.74, 6) is 0.963. The van der Waals surface area contributed by atoms with Crippen LogP contribution >= 0.6 is 0 Å². The Morgan fingerprint density at radius 1 is 1.25 bits per heavy atom. The lowest BCUT2D eigenvalue weighted by atomic mass is 9.95. The van der Waals surface area contributed by atoms with Crippen molar-refractivity contribution in [3.63, 3.8) is 0 Å². The van der Waals surface area contributed by atoms with Crippen LogP contribution in [0.4, 0.5) is 0 Å². The van der Waals surface area contributed by atoms with Crippen molar-refractivity contribution in [2.75, 3.05) is 26.2 Å². The molecule has 2 heterocycles. The number of ether oxygens (including phenoxy) is 1. The molecule has 1 unspecified atom stereocenters. The second-order valence-corrected chi connectivity index (χ2v) is 5.65. The predicted molar refractivity (Wildman–Crippen MR) is 64.3 cm³/mol. The van der Waals surface area contributed by atoms with E-state index in [-0.39, 0.29) is 5.72 Å². The van der Waals surface area contributed by atoms with Crippen molar-refractivity contribution >= 4 is 0 Å². The third-order valence-electron chi connectivity index (χ3n) is 4.56. The van der Waals surface area contributed by atoms with Crippen molar-refractivity contribution in [1.82, 2.24) is 10.2 Å². The van der Waals surface area contributed by atoms with Gasteiger partial charge in [0.05, 0.1) is 6.61 Å². The molecule has 1 N–H and O–H groups in total. The maximum Gasteiger partial charge on any atom is 0.121 e. The van der Waals surface area contributed by atoms with Crippen LogP contribution in [0.15, 0.2) is 0 Å². The van der Waals surface area contributed by atoms with Gasteiger partial charge in [0.25, 0.3) is 0 Å². The second kappa shape index (κ2) is 4.28. The maximum atomic E-state index is 6.07. The smallest absolute Gasteiger partial charge is 0.121 e. The van der Waals surface area contributed by atoms with E-state index in [1.54, 1.807) is 0 Å². The average Bonchev–Trinajstić information content (AvgIpc) is 3.14. The molecular weight excluding hydrogens is 200 g/mol. The Bertz CT molecular complexity index is 244. The highest BCUT2D eigenvalue weighted by Crippen LogP contribution is 2.38. The number of nitrogens with one attached hydrogen (secondary N) is 1. The summed E-state index contributed by atoms with van der Waals surface area (Å²) in [5, 5.41) is 3.83. The molecule has 0 aromatic carbocycles. The van der Waals surface area contributed by atoms with E-state index in [0.717, 1.165) is 18.6 Å². The van der Waals surface area contributed by atoms with Crippen LogP contribution < -0.4 is 5.32 Å². The molecule has 3 aliphatic rings. The zero-order valence-corrected chi connectivity index (χ0v) is 10.4. The van der Waals surface area contributed by atoms with Crippen molar-refractivity contribution in [1.29, 1.82) is 0 Å². The van der Waals surface area contributed by atoms with E-state index in [1.165, 1.54) is 51.7 Å². The molecule has 2 aliphatic heterocycles. The van der Waals surface area contributed by atoms with E-state index < -0.39 is 0 Å². The van der Waals surface area contributed by atoms with Crippen LogP contribution in [-0.2, 0) is 4.74 Å². The summed E-state index contributed by atoms with van der Waals surface area (Å²) in [6, 6.07) is 0.752. The van der Waals surface area contributed by atoms with E-state index in [9.17, 15) is 0 Å². The average molecular weight is 224 g/mol. The van der Waals surface area contributed by atoms with Gasteiger partial charge in [-0.25, -0.2) is 0 Å². The first kappa shape index (κ1) is 11.0. The van der Waals surface area contributed by atoms with Crippen LogP contribution in [0.2, 0.25) is 0 Å². The lowest BCUT2D eigenvalue weighted by Crippen LogP contribution is -2.61. The first-order chi connectivity index (χ1) is 7.81. The number of hydrogen-bond donors (Lipinski definition) is 1. The number of piperidine rings is 1. The normalized spacial score (nSPS) is 35.4. The van der Waals surface area contributed by atoms with Gasteiger partial charge >= 0.3 is 0 Å². The fourth-order valence-corrected chi connectivity index (χ4v) is 3.20. The molecule has 16 heavy (non-hydrogen) atoms. The molecule has 0 radical (unpaired) electrons. The highest BCUT2D eigenvalue weighted by molar-refractivity contribution is 4.96. The molecule has 1 saturated carbocycles. The molecule has 92 valence electrons. The third kappa shape index (κ3) is 2.13. The minimum absolute atomic E-state index is 0.0389. The number of likely N-dealkylation sites (tertiary alicyclic amines) is 1. The molecular formula is C13H24N2O. The molecule has 3 fully saturated rings. The summed E-state index contributed by atoms with van der Waals surface area (Å²) in [5.41, 5.74) is 0.0389. The van der Waals surface area contributed by atoms with Gasteiger partial charge in [0.1, 0.15) is 5.72 Å². The maximum absolute atomic E-state index is 6.07. The monoisotopic (exact) mass is 224 g/mol. The number of nitrogens with zero attached hydrogens (tertiary/aromatic N) is 1. The fraction of sp³-hybridized carbons (Fsp3) is 1.00. The van der Waals surface area contributed by atoms with Gasteiger partial charge in [-0.05, 0) is 31.7 Å². The SMILES string of the molecule is CCN1CCC2(CC1)NC(C1CC1)CCO2. The molecule has 1 spiro atoms. The van der Waals surface area contributed by atoms with Crippen LogP contribution in [0, 0.1) is 5.92 Å². The Morgan fingerprint density at radius 2 is 2.00 bits per heavy atom. The third-order valence-corrected chi connectivity index (χ3v) is 4.56. The largest absolute Gasteiger partial charge is 0.360 e. The van der Waals surface area contributed by atoms with Crippen molar-refractivity contribution in [3.8, 4) is 0 Å². The van der Waals surface area contributed by atoms with E-state index in [1.807, 2.05) is 0 Å². The summed E-state index contributed by atoms with van der Waals surface area (Å²) in [7, 11) is 0. The van der Waals surface area contributed by atoms with Crippen molar-refractivity contribution in [3.05, 3.63) is 0 Å². The Hall–Kier alpha value is -0.120. The van der Waals surface area contributed by atoms with Gasteiger partial charge in [-0.3, -0.25) is 5.32 Å². The minimum atomic E-state index is 0.0389. The first-order valence-electron chi connectivity index (χ1n) is 6.95. The standard InChI is InChI=1S/C13H24N2O/c1-2-15-8-6-13(7-9-15)14-12(5-10-16-13)11-3-4-11/h11-12,14H,2-10H2,1H3. The quantitative estimate of drug-likeness (QED) is 0.771. The van der Waals surface area contributed by atoms with Crippen LogP contribution in [0.3, 0.4) is 0 Å². The van der Waals surface area contributed by atoms with Gasteiger partial charge in [0.2, 0.25) is 0 Å². The summed E-state index contributed by atoms with van der Waals surface area (Å²) < 4.78 is 6.07. The lowest BCUT2D eigenvalue weighted by Gasteiger charge is -2.47. The van der Waals surface area contributed by atoms with E-state index >= 15 is 0 Å². The number of rotatable bonds is 2. The van der Waals surface area contributed by atoms with E-state index in [2.05, 4.69) is 17.1 Å². The summed E-state index contributed by atoms with van der Waals surface area (Å²) in [4.78, 5) is 2.52. The molecule has 3 rings (SSSR count). The molecule has 2 saturated heterocycles. The van der Waals surface area contributed by atoms with Gasteiger partial charge in [-0.2, -0.15) is 0 Å². The Morgan fingerprint density at radius 3 is 2.62 bits per heavy atom. The van der Waals surface area contributed by atoms with Gasteiger partial charge in [0.15, 0.2) is 0 Å². The minimum Gasteiger partial charge on any atom is -0.360 e. The van der Waals surface area contributed by atoms with Gasteiger partial charge in [-0.15, -0.1) is 0 Å². The van der Waals surface area contributed by atoms with Gasteiger partial charge in [0, 0.05) is 32.0 Å². The highest BCUT2D eigenvalue weighted by atomic mass is 16.5. The molecule has 0 aromatic heterocycles. The number of hydrogen-bond acceptors (Lipinski definition) is 3. The topological polar surface area (TPSA) is 24.5 Å². The summed E-state index contributed by atoms with van der Waals surface area (Å²) >= 11 is 0. The zero-order valence-electron chi connectivity index (χ0n) is 10.4. The van der Waals surface area contributed by atoms with Crippen LogP contribution in [0.25, 0.3) is 0 Å². The van der Waals surface area contributed by atoms with Crippen molar-refractivity contribution in [2.24, 2.45) is 5.92 Å². The Balaban J connectivity index is 1.60. The fourth-order valence-electron chi connectivity index (χ4n) is 3.20. The zero-order chi connectivity index (χ0) is 11.0. The summed E-state index contributed by atoms with van der Waals surface area (Å²) in [6.07, 6.45) is 6.45. The molecule has 3 nitrogen and oxygen atoms in total. The molecule has 1 atom stereocenters. The Labute approximate surface area is 98.5 Å². The second-order valence-electron chi connectivity index (χ2n) is 5.65. The molecule has 0 aromatic rings. The molecule has 0 amide bonds. The summed E-state index contributed by atoms with van der Waals surface area (Å²) in [6.45, 7) is 6.80. The van der Waals surface area contributed by atoms with Crippen LogP contribution in [0.1, 0.15) is 39.0 Å². The van der Waals surface area contributed by atoms with Crippen LogP contribution in [0.5, 0.6) is 0 Å². The van der Waals surface area contributed by atoms with Gasteiger partial charge in [-0.1, -0.05) is 6.92 Å². The van der Waals surface area contributed by atoms with Crippen molar-refractivity contribution in [2.45, 2.75) is 50.8 Å². The van der Waals surface area contributed by atoms with Crippen molar-refractivity contribution < 1.29 is 4.74 Å². The first-order valence-corrected chi connectivity index (χ1v) is 6.95.